The van der Waals surface area contributed by atoms with Gasteiger partial charge in [0.1, 0.15) is 12.8 Å². The first kappa shape index (κ1) is 10.2. The molecule has 7 nitrogen and oxygen atoms in total. The lowest BCUT2D eigenvalue weighted by Crippen LogP contribution is -2.19. The van der Waals surface area contributed by atoms with Crippen LogP contribution in [0.3, 0.4) is 0 Å². The molecule has 2 aromatic heterocycles. The number of hydrogen-bond donors (Lipinski definition) is 2. The van der Waals surface area contributed by atoms with Gasteiger partial charge in [0.05, 0.1) is 17.6 Å². The average molecular weight is 221 g/mol. The summed E-state index contributed by atoms with van der Waals surface area (Å²) in [6.45, 7) is 1.84. The summed E-state index contributed by atoms with van der Waals surface area (Å²) in [6, 6.07) is 0.183. The van der Waals surface area contributed by atoms with Gasteiger partial charge in [-0.25, -0.2) is 0 Å². The molecule has 2 aromatic rings. The summed E-state index contributed by atoms with van der Waals surface area (Å²) in [5.41, 5.74) is 6.69. The second-order valence-electron chi connectivity index (χ2n) is 3.31. The number of nitrogens with zero attached hydrogens (tertiary/aromatic N) is 3. The number of nitrogens with two attached hydrogens (primary N) is 1. The van der Waals surface area contributed by atoms with E-state index in [0.29, 0.717) is 11.4 Å². The Bertz CT molecular complexity index is 457. The molecule has 2 heterocycles. The number of carbonyl (C=O) groups is 1. The van der Waals surface area contributed by atoms with Crippen molar-refractivity contribution in [3.63, 3.8) is 0 Å². The van der Waals surface area contributed by atoms with Gasteiger partial charge < -0.3 is 10.2 Å². The molecule has 0 radical (unpaired) electrons. The second-order valence-corrected chi connectivity index (χ2v) is 3.31. The Labute approximate surface area is 91.3 Å². The molecular formula is C9H11N5O2. The first-order valence-corrected chi connectivity index (χ1v) is 4.63. The molecule has 0 saturated carbocycles. The monoisotopic (exact) mass is 221 g/mol. The molecule has 0 bridgehead atoms. The summed E-state index contributed by atoms with van der Waals surface area (Å²) in [6.07, 6.45) is 4.50. The Morgan fingerprint density at radius 3 is 3.06 bits per heavy atom. The predicted octanol–water partition coefficient (Wildman–Crippen LogP) is 0.400. The van der Waals surface area contributed by atoms with Gasteiger partial charge in [0, 0.05) is 6.20 Å². The van der Waals surface area contributed by atoms with Crippen LogP contribution in [0, 0.1) is 6.92 Å². The molecule has 0 unspecified atom stereocenters. The van der Waals surface area contributed by atoms with Crippen LogP contribution in [0.1, 0.15) is 5.69 Å². The number of nitrogens with one attached hydrogen (secondary N) is 1. The van der Waals surface area contributed by atoms with Gasteiger partial charge in [-0.1, -0.05) is 0 Å². The minimum atomic E-state index is -0.273. The Kier molecular flexibility index (Phi) is 2.59. The number of hydrogen-bond acceptors (Lipinski definition) is 5. The fraction of sp³-hybridized carbons (Fsp3) is 0.222. The van der Waals surface area contributed by atoms with Gasteiger partial charge in [-0.3, -0.25) is 14.8 Å². The Morgan fingerprint density at radius 2 is 2.50 bits per heavy atom. The highest BCUT2D eigenvalue weighted by atomic mass is 16.4. The van der Waals surface area contributed by atoms with Crippen LogP contribution in [0.15, 0.2) is 23.1 Å². The summed E-state index contributed by atoms with van der Waals surface area (Å²) >= 11 is 0. The van der Waals surface area contributed by atoms with Crippen LogP contribution in [-0.4, -0.2) is 20.7 Å². The molecule has 16 heavy (non-hydrogen) atoms. The van der Waals surface area contributed by atoms with Crippen molar-refractivity contribution in [3.8, 4) is 0 Å². The largest absolute Gasteiger partial charge is 0.432 e. The topological polar surface area (TPSA) is 99.0 Å². The first-order chi connectivity index (χ1) is 7.63. The minimum Gasteiger partial charge on any atom is -0.432 e. The number of amides is 1. The number of rotatable bonds is 3. The van der Waals surface area contributed by atoms with Crippen molar-refractivity contribution in [2.45, 2.75) is 13.5 Å². The molecule has 0 aliphatic carbocycles. The normalized spacial score (nSPS) is 10.3. The Morgan fingerprint density at radius 1 is 1.69 bits per heavy atom. The molecule has 0 aliphatic rings. The molecule has 0 fully saturated rings. The van der Waals surface area contributed by atoms with E-state index in [-0.39, 0.29) is 18.5 Å². The van der Waals surface area contributed by atoms with Gasteiger partial charge >= 0.3 is 6.01 Å². The summed E-state index contributed by atoms with van der Waals surface area (Å²) in [5.74, 6) is -0.273. The van der Waals surface area contributed by atoms with Crippen LogP contribution in [0.4, 0.5) is 11.7 Å². The maximum atomic E-state index is 11.5. The molecule has 7 heteroatoms. The third kappa shape index (κ3) is 2.38. The SMILES string of the molecule is Cc1coc(NC(=O)Cn2cc(N)cn2)n1. The molecule has 1 amide bonds. The van der Waals surface area contributed by atoms with Gasteiger partial charge in [0.2, 0.25) is 5.91 Å². The Hall–Kier alpha value is -2.31. The van der Waals surface area contributed by atoms with Crippen molar-refractivity contribution < 1.29 is 9.21 Å². The number of aryl methyl sites for hydroxylation is 1. The van der Waals surface area contributed by atoms with Crippen LogP contribution in [0.25, 0.3) is 0 Å². The molecule has 0 aromatic carbocycles. The van der Waals surface area contributed by atoms with Crippen LogP contribution >= 0.6 is 0 Å². The second kappa shape index (κ2) is 4.05. The molecule has 0 aliphatic heterocycles. The van der Waals surface area contributed by atoms with Crippen molar-refractivity contribution in [1.29, 1.82) is 0 Å². The zero-order valence-corrected chi connectivity index (χ0v) is 8.67. The van der Waals surface area contributed by atoms with Crippen molar-refractivity contribution in [2.75, 3.05) is 11.1 Å². The average Bonchev–Trinajstić information content (AvgIpc) is 2.76. The summed E-state index contributed by atoms with van der Waals surface area (Å²) in [7, 11) is 0. The van der Waals surface area contributed by atoms with E-state index in [1.54, 1.807) is 13.1 Å². The van der Waals surface area contributed by atoms with Crippen LogP contribution in [0.5, 0.6) is 0 Å². The first-order valence-electron chi connectivity index (χ1n) is 4.63. The van der Waals surface area contributed by atoms with Crippen LogP contribution in [0.2, 0.25) is 0 Å². The highest BCUT2D eigenvalue weighted by Crippen LogP contribution is 2.06. The fourth-order valence-corrected chi connectivity index (χ4v) is 1.18. The molecule has 2 rings (SSSR count). The third-order valence-electron chi connectivity index (χ3n) is 1.82. The molecule has 0 spiro atoms. The zero-order chi connectivity index (χ0) is 11.5. The molecule has 0 atom stereocenters. The maximum Gasteiger partial charge on any atom is 0.301 e. The van der Waals surface area contributed by atoms with E-state index >= 15 is 0 Å². The summed E-state index contributed by atoms with van der Waals surface area (Å²) < 4.78 is 6.41. The quantitative estimate of drug-likeness (QED) is 0.781. The number of carbonyl (C=O) groups excluding carboxylic acids is 1. The van der Waals surface area contributed by atoms with Crippen LogP contribution in [-0.2, 0) is 11.3 Å². The van der Waals surface area contributed by atoms with Gasteiger partial charge in [-0.15, -0.1) is 0 Å². The molecular weight excluding hydrogens is 210 g/mol. The molecule has 84 valence electrons. The molecule has 3 N–H and O–H groups in total. The molecule has 0 saturated heterocycles. The highest BCUT2D eigenvalue weighted by molar-refractivity contribution is 5.88. The van der Waals surface area contributed by atoms with E-state index in [2.05, 4.69) is 15.4 Å². The number of nitrogen functional groups attached to an aromatic ring is 1. The maximum absolute atomic E-state index is 11.5. The number of aromatic nitrogens is 3. The summed E-state index contributed by atoms with van der Waals surface area (Å²) in [5, 5.41) is 6.38. The highest BCUT2D eigenvalue weighted by Gasteiger charge is 2.07. The van der Waals surface area contributed by atoms with E-state index in [4.69, 9.17) is 10.2 Å². The van der Waals surface area contributed by atoms with E-state index < -0.39 is 0 Å². The van der Waals surface area contributed by atoms with Gasteiger partial charge in [-0.05, 0) is 6.92 Å². The lowest BCUT2D eigenvalue weighted by molar-refractivity contribution is -0.117. The predicted molar refractivity (Wildman–Crippen MR) is 56.5 cm³/mol. The number of anilines is 2. The fourth-order valence-electron chi connectivity index (χ4n) is 1.18. The smallest absolute Gasteiger partial charge is 0.301 e. The van der Waals surface area contributed by atoms with E-state index in [0.717, 1.165) is 0 Å². The minimum absolute atomic E-state index is 0.0681. The van der Waals surface area contributed by atoms with E-state index in [9.17, 15) is 4.79 Å². The lowest BCUT2D eigenvalue weighted by Gasteiger charge is -2.00. The number of oxazole rings is 1. The standard InChI is InChI=1S/C9H11N5O2/c1-6-5-16-9(12-6)13-8(15)4-14-3-7(10)2-11-14/h2-3,5H,4,10H2,1H3,(H,12,13,15). The van der Waals surface area contributed by atoms with Crippen molar-refractivity contribution in [1.82, 2.24) is 14.8 Å². The zero-order valence-electron chi connectivity index (χ0n) is 8.67. The van der Waals surface area contributed by atoms with Crippen molar-refractivity contribution in [3.05, 3.63) is 24.4 Å². The third-order valence-corrected chi connectivity index (χ3v) is 1.82. The van der Waals surface area contributed by atoms with Crippen molar-refractivity contribution >= 4 is 17.6 Å². The van der Waals surface area contributed by atoms with Crippen LogP contribution < -0.4 is 11.1 Å². The van der Waals surface area contributed by atoms with Gasteiger partial charge in [0.25, 0.3) is 0 Å². The van der Waals surface area contributed by atoms with E-state index in [1.807, 2.05) is 0 Å². The summed E-state index contributed by atoms with van der Waals surface area (Å²) in [4.78, 5) is 15.4. The lowest BCUT2D eigenvalue weighted by atomic mass is 10.5. The Balaban J connectivity index is 1.94. The van der Waals surface area contributed by atoms with Gasteiger partial charge in [-0.2, -0.15) is 10.1 Å². The van der Waals surface area contributed by atoms with Gasteiger partial charge in [0.15, 0.2) is 0 Å². The van der Waals surface area contributed by atoms with E-state index in [1.165, 1.54) is 17.1 Å². The van der Waals surface area contributed by atoms with Crippen molar-refractivity contribution in [2.24, 2.45) is 0 Å².